The van der Waals surface area contributed by atoms with E-state index in [4.69, 9.17) is 21.7 Å². The number of nitrogens with one attached hydrogen (secondary N) is 3. The van der Waals surface area contributed by atoms with Crippen molar-refractivity contribution < 1.29 is 14.3 Å². The lowest BCUT2D eigenvalue weighted by Crippen LogP contribution is -2.28. The minimum absolute atomic E-state index is 0.478. The second-order valence-corrected chi connectivity index (χ2v) is 8.00. The fraction of sp³-hybridized carbons (Fsp3) is 0.160. The predicted molar refractivity (Wildman–Crippen MR) is 130 cm³/mol. The van der Waals surface area contributed by atoms with E-state index in [1.54, 1.807) is 60.7 Å². The molecule has 4 rings (SSSR count). The molecule has 0 radical (unpaired) electrons. The summed E-state index contributed by atoms with van der Waals surface area (Å²) < 4.78 is 5.49. The zero-order chi connectivity index (χ0) is 23.2. The highest BCUT2D eigenvalue weighted by molar-refractivity contribution is 6.30. The maximum Gasteiger partial charge on any atom is 0.412 e. The molecule has 3 aromatic carbocycles. The first-order chi connectivity index (χ1) is 16.0. The number of hydrogen-bond acceptors (Lipinski definition) is 4. The van der Waals surface area contributed by atoms with Crippen molar-refractivity contribution in [2.45, 2.75) is 18.9 Å². The van der Waals surface area contributed by atoms with Gasteiger partial charge in [-0.05, 0) is 55.0 Å². The molecule has 7 nitrogen and oxygen atoms in total. The molecule has 33 heavy (non-hydrogen) atoms. The fourth-order valence-corrected chi connectivity index (χ4v) is 3.71. The molecule has 0 spiro atoms. The van der Waals surface area contributed by atoms with Crippen LogP contribution in [-0.4, -0.2) is 24.4 Å². The highest BCUT2D eigenvalue weighted by Gasteiger charge is 2.25. The summed E-state index contributed by atoms with van der Waals surface area (Å²) in [6.45, 7) is 0.817. The molecule has 1 unspecified atom stereocenters. The van der Waals surface area contributed by atoms with Crippen molar-refractivity contribution in [3.8, 4) is 0 Å². The maximum atomic E-state index is 13.1. The molecule has 3 N–H and O–H groups in total. The summed E-state index contributed by atoms with van der Waals surface area (Å²) in [7, 11) is 0. The minimum atomic E-state index is -1.15. The lowest BCUT2D eigenvalue weighted by molar-refractivity contribution is -0.124. The molecule has 3 aromatic rings. The molecular weight excluding hydrogens is 440 g/mol. The van der Waals surface area contributed by atoms with Crippen LogP contribution in [0, 0.1) is 5.41 Å². The van der Waals surface area contributed by atoms with Crippen LogP contribution in [0.25, 0.3) is 0 Å². The molecule has 1 heterocycles. The van der Waals surface area contributed by atoms with Crippen LogP contribution >= 0.6 is 11.6 Å². The smallest absolute Gasteiger partial charge is 0.412 e. The van der Waals surface area contributed by atoms with Gasteiger partial charge in [-0.25, -0.2) is 4.79 Å². The van der Waals surface area contributed by atoms with Crippen molar-refractivity contribution in [2.75, 3.05) is 22.1 Å². The molecule has 8 heteroatoms. The van der Waals surface area contributed by atoms with Crippen molar-refractivity contribution in [1.82, 2.24) is 0 Å². The summed E-state index contributed by atoms with van der Waals surface area (Å²) in [4.78, 5) is 27.5. The van der Waals surface area contributed by atoms with E-state index >= 15 is 0 Å². The van der Waals surface area contributed by atoms with Gasteiger partial charge in [-0.1, -0.05) is 41.9 Å². The number of nitrogens with zero attached hydrogens (tertiary/aromatic N) is 1. The topological polar surface area (TPSA) is 94.5 Å². The Labute approximate surface area is 196 Å². The number of hydrogen-bond donors (Lipinski definition) is 3. The van der Waals surface area contributed by atoms with Gasteiger partial charge < -0.3 is 15.0 Å². The van der Waals surface area contributed by atoms with Crippen molar-refractivity contribution in [3.63, 3.8) is 0 Å². The van der Waals surface area contributed by atoms with E-state index in [1.807, 2.05) is 23.1 Å². The van der Waals surface area contributed by atoms with E-state index in [-0.39, 0.29) is 0 Å². The van der Waals surface area contributed by atoms with Crippen molar-refractivity contribution in [3.05, 3.63) is 89.4 Å². The fourth-order valence-electron chi connectivity index (χ4n) is 3.58. The Bertz CT molecular complexity index is 1130. The second-order valence-electron chi connectivity index (χ2n) is 7.57. The molecule has 1 aliphatic rings. The quantitative estimate of drug-likeness (QED) is 0.428. The zero-order valence-corrected chi connectivity index (χ0v) is 18.5. The van der Waals surface area contributed by atoms with Crippen LogP contribution in [0.2, 0.25) is 5.02 Å². The number of ether oxygens (including phenoxy) is 1. The van der Waals surface area contributed by atoms with Gasteiger partial charge in [0.15, 0.2) is 0 Å². The van der Waals surface area contributed by atoms with E-state index in [9.17, 15) is 9.59 Å². The molecule has 168 valence electrons. The van der Waals surface area contributed by atoms with Gasteiger partial charge in [0, 0.05) is 40.6 Å². The monoisotopic (exact) mass is 462 g/mol. The lowest BCUT2D eigenvalue weighted by Gasteiger charge is -2.20. The molecule has 1 atom stereocenters. The van der Waals surface area contributed by atoms with Gasteiger partial charge in [-0.2, -0.15) is 0 Å². The van der Waals surface area contributed by atoms with Crippen molar-refractivity contribution in [2.24, 2.45) is 0 Å². The molecule has 0 bridgehead atoms. The third kappa shape index (κ3) is 5.70. The largest absolute Gasteiger partial charge is 0.431 e. The summed E-state index contributed by atoms with van der Waals surface area (Å²) in [5.74, 6) is 0.116. The van der Waals surface area contributed by atoms with Crippen LogP contribution in [0.5, 0.6) is 0 Å². The molecule has 2 amide bonds. The van der Waals surface area contributed by atoms with Crippen LogP contribution < -0.4 is 15.5 Å². The van der Waals surface area contributed by atoms with E-state index in [0.717, 1.165) is 25.1 Å². The van der Waals surface area contributed by atoms with Crippen LogP contribution in [0.1, 0.15) is 24.5 Å². The van der Waals surface area contributed by atoms with Gasteiger partial charge in [-0.3, -0.25) is 15.5 Å². The van der Waals surface area contributed by atoms with Gasteiger partial charge in [0.05, 0.1) is 0 Å². The zero-order valence-electron chi connectivity index (χ0n) is 17.8. The van der Waals surface area contributed by atoms with E-state index < -0.39 is 18.1 Å². The number of carbonyl (C=O) groups is 2. The maximum absolute atomic E-state index is 13.1. The van der Waals surface area contributed by atoms with Gasteiger partial charge in [0.2, 0.25) is 6.10 Å². The highest BCUT2D eigenvalue weighted by Crippen LogP contribution is 2.25. The average Bonchev–Trinajstić information content (AvgIpc) is 3.26. The molecular formula is C25H23ClN4O3. The molecule has 1 aliphatic heterocycles. The third-order valence-corrected chi connectivity index (χ3v) is 5.48. The second kappa shape index (κ2) is 10.2. The Hall–Kier alpha value is -3.84. The highest BCUT2D eigenvalue weighted by atomic mass is 35.5. The van der Waals surface area contributed by atoms with Gasteiger partial charge in [0.25, 0.3) is 5.91 Å². The third-order valence-electron chi connectivity index (χ3n) is 5.22. The predicted octanol–water partition coefficient (Wildman–Crippen LogP) is 5.85. The standard InChI is InChI=1S/C25H23ClN4O3/c26-18-8-10-20(11-9-18)29-25(32)33-23(17-5-2-1-3-6-17)24(31)28-19-12-14-21(15-13-19)30-16-4-7-22(30)27/h1-3,5-6,8-15,23,27H,4,7,16H2,(H,28,31)(H,29,32). The SMILES string of the molecule is N=C1CCCN1c1ccc(NC(=O)C(OC(=O)Nc2ccc(Cl)cc2)c2ccccc2)cc1. The van der Waals surface area contributed by atoms with Gasteiger partial charge in [0.1, 0.15) is 5.84 Å². The van der Waals surface area contributed by atoms with Gasteiger partial charge >= 0.3 is 6.09 Å². The van der Waals surface area contributed by atoms with Crippen molar-refractivity contribution in [1.29, 1.82) is 5.41 Å². The molecule has 0 saturated carbocycles. The van der Waals surface area contributed by atoms with Crippen LogP contribution in [0.4, 0.5) is 21.9 Å². The summed E-state index contributed by atoms with van der Waals surface area (Å²) in [5, 5.41) is 14.0. The Morgan fingerprint density at radius 3 is 2.18 bits per heavy atom. The molecule has 1 saturated heterocycles. The van der Waals surface area contributed by atoms with E-state index in [2.05, 4.69) is 10.6 Å². The number of rotatable bonds is 6. The summed E-state index contributed by atoms with van der Waals surface area (Å²) in [6, 6.07) is 22.7. The Kier molecular flexibility index (Phi) is 6.90. The Balaban J connectivity index is 1.46. The van der Waals surface area contributed by atoms with E-state index in [1.165, 1.54) is 0 Å². The molecule has 0 aliphatic carbocycles. The number of amidine groups is 1. The number of carbonyl (C=O) groups excluding carboxylic acids is 2. The normalized spacial score (nSPS) is 14.0. The summed E-state index contributed by atoms with van der Waals surface area (Å²) >= 11 is 5.87. The minimum Gasteiger partial charge on any atom is -0.431 e. The first-order valence-electron chi connectivity index (χ1n) is 10.5. The summed E-state index contributed by atoms with van der Waals surface area (Å²) in [6.07, 6.45) is -0.174. The number of anilines is 3. The average molecular weight is 463 g/mol. The molecule has 1 fully saturated rings. The molecule has 0 aromatic heterocycles. The van der Waals surface area contributed by atoms with Crippen molar-refractivity contribution >= 4 is 46.5 Å². The first kappa shape index (κ1) is 22.4. The van der Waals surface area contributed by atoms with Crippen LogP contribution in [0.3, 0.4) is 0 Å². The number of benzene rings is 3. The number of halogens is 1. The number of amides is 2. The lowest BCUT2D eigenvalue weighted by atomic mass is 10.1. The van der Waals surface area contributed by atoms with Crippen LogP contribution in [0.15, 0.2) is 78.9 Å². The van der Waals surface area contributed by atoms with E-state index in [0.29, 0.717) is 27.8 Å². The Morgan fingerprint density at radius 1 is 0.909 bits per heavy atom. The summed E-state index contributed by atoms with van der Waals surface area (Å²) in [5.41, 5.74) is 2.52. The first-order valence-corrected chi connectivity index (χ1v) is 10.9. The van der Waals surface area contributed by atoms with Gasteiger partial charge in [-0.15, -0.1) is 0 Å². The van der Waals surface area contributed by atoms with Crippen LogP contribution in [-0.2, 0) is 9.53 Å². The Morgan fingerprint density at radius 2 is 1.55 bits per heavy atom.